The first kappa shape index (κ1) is 14.8. The largest absolute Gasteiger partial charge is 0.350 e. The molecule has 116 valence electrons. The molecular formula is C18H23N3O. The van der Waals surface area contributed by atoms with E-state index in [0.717, 1.165) is 19.3 Å². The lowest BCUT2D eigenvalue weighted by atomic mass is 9.99. The van der Waals surface area contributed by atoms with Gasteiger partial charge in [-0.05, 0) is 44.2 Å². The van der Waals surface area contributed by atoms with Crippen LogP contribution in [0.25, 0.3) is 0 Å². The fourth-order valence-electron chi connectivity index (χ4n) is 2.92. The lowest BCUT2D eigenvalue weighted by Crippen LogP contribution is -2.39. The number of carbonyl (C=O) groups excluding carboxylic acids is 1. The summed E-state index contributed by atoms with van der Waals surface area (Å²) in [5, 5.41) is 3.26. The Morgan fingerprint density at radius 2 is 2.18 bits per heavy atom. The zero-order valence-corrected chi connectivity index (χ0v) is 13.2. The van der Waals surface area contributed by atoms with Crippen molar-refractivity contribution in [2.75, 3.05) is 0 Å². The molecule has 1 aromatic carbocycles. The number of aryl methyl sites for hydroxylation is 1. The normalized spacial score (nSPS) is 17.0. The zero-order valence-electron chi connectivity index (χ0n) is 13.2. The molecule has 0 radical (unpaired) electrons. The molecule has 1 heterocycles. The molecule has 1 aliphatic rings. The highest BCUT2D eigenvalue weighted by Gasteiger charge is 2.44. The maximum Gasteiger partial charge on any atom is 0.222 e. The molecule has 0 bridgehead atoms. The SMILES string of the molecule is Cc1ccccc1CC1(NC(=O)CC(C)n2ccnc2)CC1. The van der Waals surface area contributed by atoms with Gasteiger partial charge in [0.05, 0.1) is 6.33 Å². The number of imidazole rings is 1. The number of benzene rings is 1. The number of nitrogens with zero attached hydrogens (tertiary/aromatic N) is 2. The van der Waals surface area contributed by atoms with Gasteiger partial charge in [0.15, 0.2) is 0 Å². The van der Waals surface area contributed by atoms with Gasteiger partial charge in [-0.2, -0.15) is 0 Å². The molecule has 0 aliphatic heterocycles. The average molecular weight is 297 g/mol. The van der Waals surface area contributed by atoms with E-state index in [1.165, 1.54) is 11.1 Å². The minimum Gasteiger partial charge on any atom is -0.350 e. The standard InChI is InChI=1S/C18H23N3O/c1-14-5-3-4-6-16(14)12-18(7-8-18)20-17(22)11-15(2)21-10-9-19-13-21/h3-6,9-10,13,15H,7-8,11-12H2,1-2H3,(H,20,22). The summed E-state index contributed by atoms with van der Waals surface area (Å²) in [5.41, 5.74) is 2.62. The van der Waals surface area contributed by atoms with E-state index in [9.17, 15) is 4.79 Å². The molecule has 1 unspecified atom stereocenters. The van der Waals surface area contributed by atoms with E-state index >= 15 is 0 Å². The summed E-state index contributed by atoms with van der Waals surface area (Å²) < 4.78 is 1.97. The second kappa shape index (κ2) is 5.95. The first-order valence-corrected chi connectivity index (χ1v) is 7.91. The Hall–Kier alpha value is -2.10. The minimum atomic E-state index is -0.0160. The van der Waals surface area contributed by atoms with E-state index in [2.05, 4.69) is 41.5 Å². The number of carbonyl (C=O) groups is 1. The van der Waals surface area contributed by atoms with E-state index < -0.39 is 0 Å². The molecule has 3 rings (SSSR count). The Balaban J connectivity index is 1.58. The first-order chi connectivity index (χ1) is 10.6. The van der Waals surface area contributed by atoms with Crippen molar-refractivity contribution in [1.82, 2.24) is 14.9 Å². The van der Waals surface area contributed by atoms with E-state index in [1.54, 1.807) is 12.5 Å². The lowest BCUT2D eigenvalue weighted by molar-refractivity contribution is -0.122. The Morgan fingerprint density at radius 1 is 1.41 bits per heavy atom. The molecule has 1 atom stereocenters. The molecule has 1 aromatic heterocycles. The Kier molecular flexibility index (Phi) is 4.01. The fraction of sp³-hybridized carbons (Fsp3) is 0.444. The van der Waals surface area contributed by atoms with Crippen LogP contribution >= 0.6 is 0 Å². The summed E-state index contributed by atoms with van der Waals surface area (Å²) >= 11 is 0. The van der Waals surface area contributed by atoms with E-state index in [1.807, 2.05) is 17.7 Å². The molecule has 2 aromatic rings. The molecule has 1 amide bonds. The Bertz CT molecular complexity index is 644. The summed E-state index contributed by atoms with van der Waals surface area (Å²) in [6.07, 6.45) is 8.99. The van der Waals surface area contributed by atoms with Crippen molar-refractivity contribution in [2.24, 2.45) is 0 Å². The van der Waals surface area contributed by atoms with Gasteiger partial charge in [0.2, 0.25) is 5.91 Å². The van der Waals surface area contributed by atoms with E-state index in [4.69, 9.17) is 0 Å². The van der Waals surface area contributed by atoms with Crippen LogP contribution in [0, 0.1) is 6.92 Å². The number of hydrogen-bond acceptors (Lipinski definition) is 2. The molecule has 1 fully saturated rings. The molecule has 4 nitrogen and oxygen atoms in total. The molecule has 0 spiro atoms. The highest BCUT2D eigenvalue weighted by Crippen LogP contribution is 2.39. The summed E-state index contributed by atoms with van der Waals surface area (Å²) in [7, 11) is 0. The van der Waals surface area contributed by atoms with Crippen LogP contribution in [0.4, 0.5) is 0 Å². The van der Waals surface area contributed by atoms with Crippen LogP contribution in [0.3, 0.4) is 0 Å². The average Bonchev–Trinajstić information content (AvgIpc) is 3.02. The van der Waals surface area contributed by atoms with Gasteiger partial charge >= 0.3 is 0 Å². The number of amides is 1. The maximum atomic E-state index is 12.3. The van der Waals surface area contributed by atoms with Crippen LogP contribution in [0.1, 0.15) is 43.4 Å². The van der Waals surface area contributed by atoms with Gasteiger partial charge < -0.3 is 9.88 Å². The smallest absolute Gasteiger partial charge is 0.222 e. The fourth-order valence-corrected chi connectivity index (χ4v) is 2.92. The number of hydrogen-bond donors (Lipinski definition) is 1. The number of aromatic nitrogens is 2. The van der Waals surface area contributed by atoms with Gasteiger partial charge in [-0.15, -0.1) is 0 Å². The maximum absolute atomic E-state index is 12.3. The first-order valence-electron chi connectivity index (χ1n) is 7.91. The topological polar surface area (TPSA) is 46.9 Å². The number of nitrogens with one attached hydrogen (secondary N) is 1. The van der Waals surface area contributed by atoms with Crippen molar-refractivity contribution >= 4 is 5.91 Å². The third kappa shape index (κ3) is 3.38. The Labute approximate surface area is 131 Å². The summed E-state index contributed by atoms with van der Waals surface area (Å²) in [5.74, 6) is 0.132. The van der Waals surface area contributed by atoms with E-state index in [-0.39, 0.29) is 17.5 Å². The molecule has 22 heavy (non-hydrogen) atoms. The quantitative estimate of drug-likeness (QED) is 0.891. The minimum absolute atomic E-state index is 0.0160. The molecule has 1 saturated carbocycles. The van der Waals surface area contributed by atoms with Crippen LogP contribution in [0.2, 0.25) is 0 Å². The van der Waals surface area contributed by atoms with Gasteiger partial charge in [-0.25, -0.2) is 4.98 Å². The van der Waals surface area contributed by atoms with Gasteiger partial charge in [-0.1, -0.05) is 24.3 Å². The van der Waals surface area contributed by atoms with Gasteiger partial charge in [0, 0.05) is 30.4 Å². The molecule has 0 saturated heterocycles. The molecule has 1 aliphatic carbocycles. The third-order valence-corrected chi connectivity index (χ3v) is 4.56. The van der Waals surface area contributed by atoms with Crippen molar-refractivity contribution in [3.05, 3.63) is 54.1 Å². The number of rotatable bonds is 6. The zero-order chi connectivity index (χ0) is 15.6. The van der Waals surface area contributed by atoms with Crippen molar-refractivity contribution in [1.29, 1.82) is 0 Å². The predicted octanol–water partition coefficient (Wildman–Crippen LogP) is 3.03. The summed E-state index contributed by atoms with van der Waals surface area (Å²) in [6.45, 7) is 4.18. The lowest BCUT2D eigenvalue weighted by Gasteiger charge is -2.20. The van der Waals surface area contributed by atoms with Crippen molar-refractivity contribution in [3.8, 4) is 0 Å². The second-order valence-corrected chi connectivity index (χ2v) is 6.49. The van der Waals surface area contributed by atoms with Crippen LogP contribution in [0.5, 0.6) is 0 Å². The van der Waals surface area contributed by atoms with Gasteiger partial charge in [0.1, 0.15) is 0 Å². The summed E-state index contributed by atoms with van der Waals surface area (Å²) in [4.78, 5) is 16.4. The van der Waals surface area contributed by atoms with Gasteiger partial charge in [-0.3, -0.25) is 4.79 Å². The predicted molar refractivity (Wildman–Crippen MR) is 86.5 cm³/mol. The van der Waals surface area contributed by atoms with E-state index in [0.29, 0.717) is 6.42 Å². The van der Waals surface area contributed by atoms with Crippen LogP contribution in [0.15, 0.2) is 43.0 Å². The van der Waals surface area contributed by atoms with Crippen LogP contribution in [-0.2, 0) is 11.2 Å². The van der Waals surface area contributed by atoms with Gasteiger partial charge in [0.25, 0.3) is 0 Å². The monoisotopic (exact) mass is 297 g/mol. The van der Waals surface area contributed by atoms with Crippen molar-refractivity contribution in [3.63, 3.8) is 0 Å². The molecule has 1 N–H and O–H groups in total. The Morgan fingerprint density at radius 3 is 2.82 bits per heavy atom. The van der Waals surface area contributed by atoms with Crippen molar-refractivity contribution < 1.29 is 4.79 Å². The van der Waals surface area contributed by atoms with Crippen LogP contribution < -0.4 is 5.32 Å². The summed E-state index contributed by atoms with van der Waals surface area (Å²) in [6, 6.07) is 8.56. The molecule has 4 heteroatoms. The van der Waals surface area contributed by atoms with Crippen molar-refractivity contribution in [2.45, 2.75) is 51.1 Å². The highest BCUT2D eigenvalue weighted by atomic mass is 16.1. The highest BCUT2D eigenvalue weighted by molar-refractivity contribution is 5.77. The second-order valence-electron chi connectivity index (χ2n) is 6.49. The molecular weight excluding hydrogens is 274 g/mol. The third-order valence-electron chi connectivity index (χ3n) is 4.56. The van der Waals surface area contributed by atoms with Crippen LogP contribution in [-0.4, -0.2) is 21.0 Å².